The smallest absolute Gasteiger partial charge is 0.173 e. The number of benzene rings is 2. The molecule has 21 heavy (non-hydrogen) atoms. The van der Waals surface area contributed by atoms with Crippen molar-refractivity contribution in [3.05, 3.63) is 65.2 Å². The third-order valence-electron chi connectivity index (χ3n) is 3.55. The molecule has 3 aromatic rings. The zero-order valence-corrected chi connectivity index (χ0v) is 13.0. The van der Waals surface area contributed by atoms with Crippen molar-refractivity contribution in [3.63, 3.8) is 0 Å². The fourth-order valence-electron chi connectivity index (χ4n) is 2.47. The first-order chi connectivity index (χ1) is 10.1. The molecule has 0 amide bonds. The van der Waals surface area contributed by atoms with Gasteiger partial charge in [-0.05, 0) is 31.5 Å². The highest BCUT2D eigenvalue weighted by atomic mass is 32.2. The summed E-state index contributed by atoms with van der Waals surface area (Å²) in [5.74, 6) is 0.632. The first-order valence-electron chi connectivity index (χ1n) is 6.94. The second kappa shape index (κ2) is 5.78. The number of nitrogens with one attached hydrogen (secondary N) is 1. The molecule has 0 aliphatic carbocycles. The Morgan fingerprint density at radius 3 is 2.67 bits per heavy atom. The normalized spacial score (nSPS) is 11.0. The van der Waals surface area contributed by atoms with Gasteiger partial charge < -0.3 is 4.98 Å². The highest BCUT2D eigenvalue weighted by Gasteiger charge is 2.10. The molecular formula is C18H17NOS. The first kappa shape index (κ1) is 14.0. The van der Waals surface area contributed by atoms with Gasteiger partial charge in [0.15, 0.2) is 5.78 Å². The van der Waals surface area contributed by atoms with Crippen LogP contribution in [0, 0.1) is 13.8 Å². The van der Waals surface area contributed by atoms with Gasteiger partial charge >= 0.3 is 0 Å². The molecule has 0 atom stereocenters. The van der Waals surface area contributed by atoms with E-state index in [4.69, 9.17) is 0 Å². The second-order valence-electron chi connectivity index (χ2n) is 5.25. The van der Waals surface area contributed by atoms with Gasteiger partial charge in [-0.1, -0.05) is 42.0 Å². The summed E-state index contributed by atoms with van der Waals surface area (Å²) in [6.07, 6.45) is 0. The molecule has 0 saturated carbocycles. The summed E-state index contributed by atoms with van der Waals surface area (Å²) in [7, 11) is 0. The molecule has 0 aliphatic rings. The number of aryl methyl sites for hydroxylation is 2. The van der Waals surface area contributed by atoms with Crippen LogP contribution in [0.2, 0.25) is 0 Å². The molecule has 3 rings (SSSR count). The van der Waals surface area contributed by atoms with E-state index in [1.54, 1.807) is 11.8 Å². The lowest BCUT2D eigenvalue weighted by Crippen LogP contribution is -2.04. The van der Waals surface area contributed by atoms with Gasteiger partial charge in [0.05, 0.1) is 10.8 Å². The van der Waals surface area contributed by atoms with Crippen molar-refractivity contribution in [2.45, 2.75) is 18.9 Å². The summed E-state index contributed by atoms with van der Waals surface area (Å²) in [5.41, 5.74) is 4.17. The Kier molecular flexibility index (Phi) is 3.84. The number of aromatic amines is 1. The predicted molar refractivity (Wildman–Crippen MR) is 89.3 cm³/mol. The molecule has 1 aromatic heterocycles. The number of para-hydroxylation sites is 1. The number of Topliss-reactive ketones (excluding diaryl/α,β-unsaturated/α-hetero) is 1. The molecule has 0 spiro atoms. The molecule has 0 fully saturated rings. The lowest BCUT2D eigenvalue weighted by molar-refractivity contribution is 0.102. The minimum atomic E-state index is 0.177. The Hall–Kier alpha value is -2.00. The third-order valence-corrected chi connectivity index (χ3v) is 4.48. The number of hydrogen-bond donors (Lipinski definition) is 1. The number of ketones is 1. The van der Waals surface area contributed by atoms with Crippen molar-refractivity contribution in [2.75, 3.05) is 5.75 Å². The molecule has 3 heteroatoms. The maximum atomic E-state index is 12.3. The van der Waals surface area contributed by atoms with Crippen molar-refractivity contribution in [1.82, 2.24) is 4.98 Å². The largest absolute Gasteiger partial charge is 0.350 e. The van der Waals surface area contributed by atoms with Gasteiger partial charge in [-0.15, -0.1) is 11.8 Å². The topological polar surface area (TPSA) is 32.9 Å². The number of carbonyl (C=O) groups is 1. The van der Waals surface area contributed by atoms with E-state index in [-0.39, 0.29) is 5.78 Å². The molecule has 2 nitrogen and oxygen atoms in total. The van der Waals surface area contributed by atoms with Gasteiger partial charge in [-0.25, -0.2) is 0 Å². The van der Waals surface area contributed by atoms with Crippen LogP contribution >= 0.6 is 11.8 Å². The number of hydrogen-bond acceptors (Lipinski definition) is 2. The zero-order chi connectivity index (χ0) is 14.8. The van der Waals surface area contributed by atoms with Crippen LogP contribution in [0.25, 0.3) is 10.9 Å². The maximum Gasteiger partial charge on any atom is 0.173 e. The van der Waals surface area contributed by atoms with Crippen LogP contribution in [0.3, 0.4) is 0 Å². The van der Waals surface area contributed by atoms with Crippen molar-refractivity contribution < 1.29 is 4.79 Å². The minimum absolute atomic E-state index is 0.177. The molecule has 0 unspecified atom stereocenters. The molecular weight excluding hydrogens is 278 g/mol. The lowest BCUT2D eigenvalue weighted by Gasteiger charge is -2.05. The van der Waals surface area contributed by atoms with Crippen LogP contribution in [0.4, 0.5) is 0 Å². The van der Waals surface area contributed by atoms with Crippen molar-refractivity contribution in [3.8, 4) is 0 Å². The standard InChI is InChI=1S/C18H17NOS/c1-12-7-8-15(13(2)9-12)17(20)11-21-18-10-14-5-3-4-6-16(14)19-18/h3-10,19H,11H2,1-2H3. The number of aromatic nitrogens is 1. The summed E-state index contributed by atoms with van der Waals surface area (Å²) >= 11 is 1.56. The van der Waals surface area contributed by atoms with Crippen molar-refractivity contribution in [2.24, 2.45) is 0 Å². The van der Waals surface area contributed by atoms with E-state index in [2.05, 4.69) is 23.2 Å². The van der Waals surface area contributed by atoms with Crippen molar-refractivity contribution in [1.29, 1.82) is 0 Å². The molecule has 1 N–H and O–H groups in total. The second-order valence-corrected chi connectivity index (χ2v) is 6.27. The summed E-state index contributed by atoms with van der Waals surface area (Å²) in [6, 6.07) is 16.2. The molecule has 106 valence electrons. The monoisotopic (exact) mass is 295 g/mol. The summed E-state index contributed by atoms with van der Waals surface area (Å²) in [6.45, 7) is 4.04. The Balaban J connectivity index is 1.73. The van der Waals surface area contributed by atoms with Gasteiger partial charge in [0, 0.05) is 16.5 Å². The fourth-order valence-corrected chi connectivity index (χ4v) is 3.31. The van der Waals surface area contributed by atoms with Crippen LogP contribution in [0.5, 0.6) is 0 Å². The van der Waals surface area contributed by atoms with E-state index in [9.17, 15) is 4.79 Å². The molecule has 0 radical (unpaired) electrons. The zero-order valence-electron chi connectivity index (χ0n) is 12.1. The molecule has 1 heterocycles. The average molecular weight is 295 g/mol. The number of H-pyrrole nitrogens is 1. The highest BCUT2D eigenvalue weighted by Crippen LogP contribution is 2.24. The van der Waals surface area contributed by atoms with Crippen LogP contribution in [0.15, 0.2) is 53.6 Å². The van der Waals surface area contributed by atoms with E-state index in [0.29, 0.717) is 5.75 Å². The highest BCUT2D eigenvalue weighted by molar-refractivity contribution is 8.00. The molecule has 0 aliphatic heterocycles. The van der Waals surface area contributed by atoms with Crippen LogP contribution in [-0.4, -0.2) is 16.5 Å². The summed E-state index contributed by atoms with van der Waals surface area (Å²) < 4.78 is 0. The van der Waals surface area contributed by atoms with E-state index in [0.717, 1.165) is 21.7 Å². The lowest BCUT2D eigenvalue weighted by atomic mass is 10.0. The van der Waals surface area contributed by atoms with Gasteiger partial charge in [-0.2, -0.15) is 0 Å². The quantitative estimate of drug-likeness (QED) is 0.556. The van der Waals surface area contributed by atoms with E-state index >= 15 is 0 Å². The summed E-state index contributed by atoms with van der Waals surface area (Å²) in [4.78, 5) is 15.7. The Morgan fingerprint density at radius 2 is 1.90 bits per heavy atom. The van der Waals surface area contributed by atoms with Gasteiger partial charge in [0.1, 0.15) is 0 Å². The first-order valence-corrected chi connectivity index (χ1v) is 7.93. The van der Waals surface area contributed by atoms with Crippen molar-refractivity contribution >= 4 is 28.4 Å². The summed E-state index contributed by atoms with van der Waals surface area (Å²) in [5, 5.41) is 2.22. The third kappa shape index (κ3) is 3.03. The SMILES string of the molecule is Cc1ccc(C(=O)CSc2cc3ccccc3[nH]2)c(C)c1. The van der Waals surface area contributed by atoms with Gasteiger partial charge in [0.2, 0.25) is 0 Å². The predicted octanol–water partition coefficient (Wildman–Crippen LogP) is 4.76. The fraction of sp³-hybridized carbons (Fsp3) is 0.167. The average Bonchev–Trinajstić information content (AvgIpc) is 2.87. The van der Waals surface area contributed by atoms with Crippen LogP contribution in [0.1, 0.15) is 21.5 Å². The maximum absolute atomic E-state index is 12.3. The number of fused-ring (bicyclic) bond motifs is 1. The van der Waals surface area contributed by atoms with Crippen LogP contribution < -0.4 is 0 Å². The molecule has 0 bridgehead atoms. The Labute approximate surface area is 128 Å². The van der Waals surface area contributed by atoms with Gasteiger partial charge in [0.25, 0.3) is 0 Å². The number of carbonyl (C=O) groups excluding carboxylic acids is 1. The number of rotatable bonds is 4. The Morgan fingerprint density at radius 1 is 1.10 bits per heavy atom. The van der Waals surface area contributed by atoms with Crippen LogP contribution in [-0.2, 0) is 0 Å². The Bertz CT molecular complexity index is 771. The number of thioether (sulfide) groups is 1. The minimum Gasteiger partial charge on any atom is -0.350 e. The molecule has 0 saturated heterocycles. The van der Waals surface area contributed by atoms with Gasteiger partial charge in [-0.3, -0.25) is 4.79 Å². The molecule has 2 aromatic carbocycles. The van der Waals surface area contributed by atoms with E-state index < -0.39 is 0 Å². The van der Waals surface area contributed by atoms with E-state index in [1.165, 1.54) is 10.9 Å². The van der Waals surface area contributed by atoms with E-state index in [1.807, 2.05) is 44.2 Å².